The van der Waals surface area contributed by atoms with Crippen molar-refractivity contribution in [1.82, 2.24) is 24.8 Å². The van der Waals surface area contributed by atoms with Crippen molar-refractivity contribution in [2.24, 2.45) is 0 Å². The molecule has 4 rings (SSSR count). The molecular weight excluding hydrogens is 342 g/mol. The summed E-state index contributed by atoms with van der Waals surface area (Å²) in [6.07, 6.45) is 6.30. The monoisotopic (exact) mass is 365 g/mol. The average molecular weight is 365 g/mol. The van der Waals surface area contributed by atoms with Crippen LogP contribution in [0.5, 0.6) is 0 Å². The lowest BCUT2D eigenvalue weighted by Crippen LogP contribution is -2.29. The Morgan fingerprint density at radius 1 is 1.30 bits per heavy atom. The number of likely N-dealkylation sites (tertiary alicyclic amines) is 1. The Hall–Kier alpha value is -2.96. The number of hydrogen-bond donors (Lipinski definition) is 0. The Labute approximate surface area is 158 Å². The highest BCUT2D eigenvalue weighted by Crippen LogP contribution is 2.25. The number of carbonyl (C=O) groups excluding carboxylic acids is 1. The molecule has 3 heterocycles. The lowest BCUT2D eigenvalue weighted by molar-refractivity contribution is -0.130. The summed E-state index contributed by atoms with van der Waals surface area (Å²) < 4.78 is 7.27. The summed E-state index contributed by atoms with van der Waals surface area (Å²) >= 11 is 0. The van der Waals surface area contributed by atoms with Crippen LogP contribution in [-0.2, 0) is 17.6 Å². The van der Waals surface area contributed by atoms with Gasteiger partial charge < -0.3 is 14.0 Å². The highest BCUT2D eigenvalue weighted by Gasteiger charge is 2.28. The fourth-order valence-electron chi connectivity index (χ4n) is 3.69. The lowest BCUT2D eigenvalue weighted by atomic mass is 10.0. The maximum Gasteiger partial charge on any atom is 0.222 e. The molecule has 1 aromatic carbocycles. The molecule has 1 atom stereocenters. The molecule has 0 spiro atoms. The Balaban J connectivity index is 1.37. The molecule has 1 saturated heterocycles. The molecule has 1 amide bonds. The first-order chi connectivity index (χ1) is 13.3. The quantitative estimate of drug-likeness (QED) is 0.671. The van der Waals surface area contributed by atoms with Gasteiger partial charge in [0.05, 0.1) is 6.04 Å². The highest BCUT2D eigenvalue weighted by molar-refractivity contribution is 5.77. The molecule has 140 valence electrons. The van der Waals surface area contributed by atoms with Crippen LogP contribution in [0.2, 0.25) is 0 Å². The second-order valence-electron chi connectivity index (χ2n) is 6.84. The van der Waals surface area contributed by atoms with Gasteiger partial charge in [-0.2, -0.15) is 0 Å². The average Bonchev–Trinajstić information content (AvgIpc) is 3.46. The van der Waals surface area contributed by atoms with Crippen LogP contribution in [-0.4, -0.2) is 43.8 Å². The van der Waals surface area contributed by atoms with Crippen LogP contribution in [0.3, 0.4) is 0 Å². The van der Waals surface area contributed by atoms with E-state index in [0.717, 1.165) is 48.6 Å². The van der Waals surface area contributed by atoms with Gasteiger partial charge in [-0.1, -0.05) is 42.4 Å². The number of aryl methyl sites for hydroxylation is 2. The molecular formula is C20H23N5O2. The van der Waals surface area contributed by atoms with E-state index in [-0.39, 0.29) is 11.9 Å². The van der Waals surface area contributed by atoms with Gasteiger partial charge in [0.2, 0.25) is 5.91 Å². The summed E-state index contributed by atoms with van der Waals surface area (Å²) in [5.74, 6) is 1.15. The van der Waals surface area contributed by atoms with Gasteiger partial charge in [0.25, 0.3) is 0 Å². The smallest absolute Gasteiger partial charge is 0.222 e. The van der Waals surface area contributed by atoms with E-state index in [4.69, 9.17) is 4.52 Å². The normalized spacial score (nSPS) is 16.8. The maximum absolute atomic E-state index is 12.7. The van der Waals surface area contributed by atoms with Crippen LogP contribution in [0.25, 0.3) is 11.3 Å². The highest BCUT2D eigenvalue weighted by atomic mass is 16.5. The van der Waals surface area contributed by atoms with Crippen LogP contribution < -0.4 is 0 Å². The third kappa shape index (κ3) is 3.63. The van der Waals surface area contributed by atoms with Crippen molar-refractivity contribution < 1.29 is 9.32 Å². The van der Waals surface area contributed by atoms with E-state index in [9.17, 15) is 4.79 Å². The molecule has 0 bridgehead atoms. The number of hydrogen-bond acceptors (Lipinski definition) is 5. The minimum absolute atomic E-state index is 0.170. The molecule has 0 saturated carbocycles. The predicted molar refractivity (Wildman–Crippen MR) is 99.9 cm³/mol. The Bertz CT molecular complexity index is 902. The summed E-state index contributed by atoms with van der Waals surface area (Å²) in [5.41, 5.74) is 2.80. The molecule has 1 unspecified atom stereocenters. The van der Waals surface area contributed by atoms with Gasteiger partial charge in [0.1, 0.15) is 24.1 Å². The Kier molecular flexibility index (Phi) is 5.00. The van der Waals surface area contributed by atoms with Crippen molar-refractivity contribution in [1.29, 1.82) is 0 Å². The lowest BCUT2D eigenvalue weighted by Gasteiger charge is -2.17. The third-order valence-corrected chi connectivity index (χ3v) is 5.17. The van der Waals surface area contributed by atoms with E-state index < -0.39 is 0 Å². The fraction of sp³-hybridized carbons (Fsp3) is 0.400. The van der Waals surface area contributed by atoms with E-state index in [1.807, 2.05) is 35.2 Å². The third-order valence-electron chi connectivity index (χ3n) is 5.17. The van der Waals surface area contributed by atoms with Crippen molar-refractivity contribution >= 4 is 5.91 Å². The number of aromatic nitrogens is 4. The summed E-state index contributed by atoms with van der Waals surface area (Å²) in [5, 5.41) is 12.3. The molecule has 7 nitrogen and oxygen atoms in total. The second kappa shape index (κ2) is 7.73. The standard InChI is InChI=1S/C20H23N5O2/c1-2-18-22-21-14-25(18)17-10-11-24(12-17)19(26)9-8-16-13-27-23-20(16)15-6-4-3-5-7-15/h3-7,13-14,17H,2,8-12H2,1H3. The van der Waals surface area contributed by atoms with E-state index in [1.165, 1.54) is 0 Å². The van der Waals surface area contributed by atoms with Crippen molar-refractivity contribution in [2.45, 2.75) is 38.6 Å². The zero-order valence-electron chi connectivity index (χ0n) is 15.4. The number of amides is 1. The topological polar surface area (TPSA) is 77.0 Å². The molecule has 3 aromatic rings. The molecule has 0 radical (unpaired) electrons. The molecule has 7 heteroatoms. The summed E-state index contributed by atoms with van der Waals surface area (Å²) in [7, 11) is 0. The van der Waals surface area contributed by atoms with Crippen LogP contribution in [0.4, 0.5) is 0 Å². The van der Waals surface area contributed by atoms with Crippen LogP contribution in [0.15, 0.2) is 47.4 Å². The van der Waals surface area contributed by atoms with E-state index in [1.54, 1.807) is 12.6 Å². The van der Waals surface area contributed by atoms with Gasteiger partial charge in [0, 0.05) is 37.1 Å². The summed E-state index contributed by atoms with van der Waals surface area (Å²) in [6, 6.07) is 10.2. The van der Waals surface area contributed by atoms with Crippen molar-refractivity contribution in [2.75, 3.05) is 13.1 Å². The van der Waals surface area contributed by atoms with Gasteiger partial charge >= 0.3 is 0 Å². The number of benzene rings is 1. The zero-order chi connectivity index (χ0) is 18.6. The van der Waals surface area contributed by atoms with Gasteiger partial charge in [-0.25, -0.2) is 0 Å². The fourth-order valence-corrected chi connectivity index (χ4v) is 3.69. The van der Waals surface area contributed by atoms with Gasteiger partial charge in [-0.05, 0) is 12.8 Å². The van der Waals surface area contributed by atoms with Crippen LogP contribution in [0.1, 0.15) is 37.2 Å². The van der Waals surface area contributed by atoms with Crippen molar-refractivity contribution in [3.63, 3.8) is 0 Å². The van der Waals surface area contributed by atoms with Gasteiger partial charge in [-0.15, -0.1) is 10.2 Å². The Morgan fingerprint density at radius 3 is 2.96 bits per heavy atom. The number of carbonyl (C=O) groups is 1. The van der Waals surface area contributed by atoms with Crippen molar-refractivity contribution in [3.05, 3.63) is 54.3 Å². The van der Waals surface area contributed by atoms with Gasteiger partial charge in [0.15, 0.2) is 0 Å². The first kappa shape index (κ1) is 17.5. The minimum Gasteiger partial charge on any atom is -0.364 e. The van der Waals surface area contributed by atoms with Gasteiger partial charge in [-0.3, -0.25) is 4.79 Å². The number of rotatable bonds is 6. The van der Waals surface area contributed by atoms with E-state index in [0.29, 0.717) is 12.8 Å². The molecule has 0 aliphatic carbocycles. The second-order valence-corrected chi connectivity index (χ2v) is 6.84. The molecule has 27 heavy (non-hydrogen) atoms. The summed E-state index contributed by atoms with van der Waals surface area (Å²) in [6.45, 7) is 3.57. The Morgan fingerprint density at radius 2 is 2.15 bits per heavy atom. The van der Waals surface area contributed by atoms with E-state index >= 15 is 0 Å². The molecule has 2 aromatic heterocycles. The zero-order valence-corrected chi connectivity index (χ0v) is 15.4. The largest absolute Gasteiger partial charge is 0.364 e. The molecule has 1 fully saturated rings. The van der Waals surface area contributed by atoms with Crippen molar-refractivity contribution in [3.8, 4) is 11.3 Å². The SMILES string of the molecule is CCc1nncn1C1CCN(C(=O)CCc2conc2-c2ccccc2)C1. The first-order valence-corrected chi connectivity index (χ1v) is 9.41. The number of nitrogens with zero attached hydrogens (tertiary/aromatic N) is 5. The van der Waals surface area contributed by atoms with Crippen LogP contribution >= 0.6 is 0 Å². The minimum atomic E-state index is 0.170. The summed E-state index contributed by atoms with van der Waals surface area (Å²) in [4.78, 5) is 14.6. The predicted octanol–water partition coefficient (Wildman–Crippen LogP) is 2.90. The molecule has 1 aliphatic rings. The molecule has 1 aliphatic heterocycles. The van der Waals surface area contributed by atoms with E-state index in [2.05, 4.69) is 26.8 Å². The maximum atomic E-state index is 12.7. The first-order valence-electron chi connectivity index (χ1n) is 9.41. The molecule has 0 N–H and O–H groups in total. The van der Waals surface area contributed by atoms with Crippen LogP contribution in [0, 0.1) is 0 Å².